The number of aromatic nitrogens is 2. The average Bonchev–Trinajstić information content (AvgIpc) is 3.19. The van der Waals surface area contributed by atoms with Crippen molar-refractivity contribution in [1.29, 1.82) is 0 Å². The highest BCUT2D eigenvalue weighted by molar-refractivity contribution is 5.83. The molecule has 1 heterocycles. The second kappa shape index (κ2) is 9.09. The number of carbonyl (C=O) groups is 1. The summed E-state index contributed by atoms with van der Waals surface area (Å²) < 4.78 is 8.20. The van der Waals surface area contributed by atoms with Crippen LogP contribution >= 0.6 is 0 Å². The second-order valence-electron chi connectivity index (χ2n) is 10.9. The van der Waals surface area contributed by atoms with Gasteiger partial charge in [0.05, 0.1) is 17.6 Å². The molecule has 3 aromatic rings. The Morgan fingerprint density at radius 3 is 2.38 bits per heavy atom. The molecule has 1 amide bonds. The molecule has 178 valence electrons. The van der Waals surface area contributed by atoms with Gasteiger partial charge in [-0.2, -0.15) is 0 Å². The minimum absolute atomic E-state index is 0.0797. The summed E-state index contributed by atoms with van der Waals surface area (Å²) >= 11 is 0. The molecule has 4 bridgehead atoms. The molecule has 34 heavy (non-hydrogen) atoms. The Morgan fingerprint density at radius 1 is 0.971 bits per heavy atom. The molecule has 0 spiro atoms. The van der Waals surface area contributed by atoms with E-state index in [9.17, 15) is 4.79 Å². The Bertz CT molecular complexity index is 1120. The van der Waals surface area contributed by atoms with Gasteiger partial charge in [0.1, 0.15) is 11.6 Å². The second-order valence-corrected chi connectivity index (χ2v) is 10.9. The first kappa shape index (κ1) is 21.7. The molecule has 4 saturated carbocycles. The molecule has 5 heteroatoms. The maximum Gasteiger partial charge on any atom is 0.226 e. The van der Waals surface area contributed by atoms with Crippen molar-refractivity contribution < 1.29 is 9.53 Å². The van der Waals surface area contributed by atoms with Crippen molar-refractivity contribution in [2.75, 3.05) is 13.2 Å². The molecule has 0 atom stereocenters. The standard InChI is InChI=1S/C29H35N3O2/c33-28(29-18-21-15-22(19-29)17-23(16-21)20-29)30-12-11-27-31-25-9-4-5-10-26(25)32(27)13-6-14-34-24-7-2-1-3-8-24/h1-5,7-10,21-23H,6,11-20H2,(H,30,33). The zero-order valence-corrected chi connectivity index (χ0v) is 19.9. The molecular weight excluding hydrogens is 422 g/mol. The van der Waals surface area contributed by atoms with Crippen LogP contribution in [-0.2, 0) is 17.8 Å². The zero-order valence-electron chi connectivity index (χ0n) is 19.9. The van der Waals surface area contributed by atoms with Crippen molar-refractivity contribution in [3.63, 3.8) is 0 Å². The van der Waals surface area contributed by atoms with Crippen molar-refractivity contribution >= 4 is 16.9 Å². The van der Waals surface area contributed by atoms with Crippen LogP contribution in [0.5, 0.6) is 5.75 Å². The molecule has 0 unspecified atom stereocenters. The van der Waals surface area contributed by atoms with Crippen molar-refractivity contribution in [1.82, 2.24) is 14.9 Å². The highest BCUT2D eigenvalue weighted by Gasteiger charge is 2.54. The van der Waals surface area contributed by atoms with Gasteiger partial charge in [-0.1, -0.05) is 30.3 Å². The summed E-state index contributed by atoms with van der Waals surface area (Å²) in [5, 5.41) is 3.33. The summed E-state index contributed by atoms with van der Waals surface area (Å²) in [5.41, 5.74) is 2.10. The van der Waals surface area contributed by atoms with Crippen LogP contribution in [0.15, 0.2) is 54.6 Å². The number of amides is 1. The van der Waals surface area contributed by atoms with Gasteiger partial charge in [0.25, 0.3) is 0 Å². The molecule has 5 nitrogen and oxygen atoms in total. The third kappa shape index (κ3) is 4.21. The number of rotatable bonds is 9. The lowest BCUT2D eigenvalue weighted by molar-refractivity contribution is -0.146. The monoisotopic (exact) mass is 457 g/mol. The third-order valence-electron chi connectivity index (χ3n) is 8.43. The number of carbonyl (C=O) groups excluding carboxylic acids is 1. The SMILES string of the molecule is O=C(NCCc1nc2ccccc2n1CCCOc1ccccc1)C12CC3CC(CC(C3)C1)C2. The van der Waals surface area contributed by atoms with Gasteiger partial charge in [-0.3, -0.25) is 4.79 Å². The summed E-state index contributed by atoms with van der Waals surface area (Å²) in [5.74, 6) is 4.64. The number of ether oxygens (including phenoxy) is 1. The predicted octanol–water partition coefficient (Wildman–Crippen LogP) is 5.38. The van der Waals surface area contributed by atoms with Crippen LogP contribution < -0.4 is 10.1 Å². The van der Waals surface area contributed by atoms with Gasteiger partial charge in [-0.15, -0.1) is 0 Å². The van der Waals surface area contributed by atoms with Gasteiger partial charge in [0.2, 0.25) is 5.91 Å². The molecule has 1 aromatic heterocycles. The molecule has 2 aromatic carbocycles. The number of nitrogens with one attached hydrogen (secondary N) is 1. The Labute approximate surface area is 201 Å². The fourth-order valence-corrected chi connectivity index (χ4v) is 7.36. The van der Waals surface area contributed by atoms with Gasteiger partial charge in [0.15, 0.2) is 0 Å². The maximum atomic E-state index is 13.3. The number of aryl methyl sites for hydroxylation is 1. The Kier molecular flexibility index (Phi) is 5.80. The third-order valence-corrected chi connectivity index (χ3v) is 8.43. The highest BCUT2D eigenvalue weighted by Crippen LogP contribution is 2.60. The largest absolute Gasteiger partial charge is 0.494 e. The number of benzene rings is 2. The first-order valence-electron chi connectivity index (χ1n) is 13.1. The molecular formula is C29H35N3O2. The molecule has 0 saturated heterocycles. The van der Waals surface area contributed by atoms with Crippen LogP contribution in [0.2, 0.25) is 0 Å². The van der Waals surface area contributed by atoms with Gasteiger partial charge in [0, 0.05) is 24.9 Å². The average molecular weight is 458 g/mol. The number of nitrogens with zero attached hydrogens (tertiary/aromatic N) is 2. The number of fused-ring (bicyclic) bond motifs is 1. The quantitative estimate of drug-likeness (QED) is 0.439. The Hall–Kier alpha value is -2.82. The zero-order chi connectivity index (χ0) is 23.0. The van der Waals surface area contributed by atoms with Crippen LogP contribution in [0.1, 0.15) is 50.8 Å². The maximum absolute atomic E-state index is 13.3. The normalized spacial score (nSPS) is 27.2. The fraction of sp³-hybridized carbons (Fsp3) is 0.517. The lowest BCUT2D eigenvalue weighted by atomic mass is 9.49. The van der Waals surface area contributed by atoms with E-state index in [-0.39, 0.29) is 5.41 Å². The Morgan fingerprint density at radius 2 is 1.65 bits per heavy atom. The number of hydrogen-bond acceptors (Lipinski definition) is 3. The van der Waals surface area contributed by atoms with E-state index in [1.54, 1.807) is 0 Å². The number of hydrogen-bond donors (Lipinski definition) is 1. The minimum atomic E-state index is -0.0797. The van der Waals surface area contributed by atoms with Gasteiger partial charge in [-0.25, -0.2) is 4.98 Å². The molecule has 4 fully saturated rings. The van der Waals surface area contributed by atoms with Crippen molar-refractivity contribution in [2.45, 2.75) is 57.9 Å². The molecule has 4 aliphatic rings. The number of para-hydroxylation sites is 3. The van der Waals surface area contributed by atoms with Gasteiger partial charge in [-0.05, 0) is 87.0 Å². The van der Waals surface area contributed by atoms with E-state index in [2.05, 4.69) is 28.1 Å². The summed E-state index contributed by atoms with van der Waals surface area (Å²) in [6, 6.07) is 18.3. The summed E-state index contributed by atoms with van der Waals surface area (Å²) in [6.45, 7) is 2.18. The lowest BCUT2D eigenvalue weighted by Gasteiger charge is -2.55. The molecule has 4 aliphatic carbocycles. The number of imidazole rings is 1. The van der Waals surface area contributed by atoms with Crippen LogP contribution in [0.3, 0.4) is 0 Å². The molecule has 7 rings (SSSR count). The fourth-order valence-electron chi connectivity index (χ4n) is 7.36. The van der Waals surface area contributed by atoms with E-state index in [0.29, 0.717) is 19.1 Å². The van der Waals surface area contributed by atoms with Crippen LogP contribution in [0, 0.1) is 23.2 Å². The summed E-state index contributed by atoms with van der Waals surface area (Å²) in [7, 11) is 0. The summed E-state index contributed by atoms with van der Waals surface area (Å²) in [4.78, 5) is 18.2. The van der Waals surface area contributed by atoms with Gasteiger partial charge < -0.3 is 14.6 Å². The van der Waals surface area contributed by atoms with E-state index in [0.717, 1.165) is 79.0 Å². The van der Waals surface area contributed by atoms with E-state index in [1.165, 1.54) is 19.3 Å². The molecule has 0 aliphatic heterocycles. The summed E-state index contributed by atoms with van der Waals surface area (Å²) in [6.07, 6.45) is 9.11. The van der Waals surface area contributed by atoms with E-state index in [1.807, 2.05) is 36.4 Å². The van der Waals surface area contributed by atoms with E-state index >= 15 is 0 Å². The lowest BCUT2D eigenvalue weighted by Crippen LogP contribution is -2.53. The van der Waals surface area contributed by atoms with Crippen LogP contribution in [-0.4, -0.2) is 28.6 Å². The van der Waals surface area contributed by atoms with E-state index < -0.39 is 0 Å². The molecule has 1 N–H and O–H groups in total. The Balaban J connectivity index is 1.08. The highest BCUT2D eigenvalue weighted by atomic mass is 16.5. The smallest absolute Gasteiger partial charge is 0.226 e. The molecule has 0 radical (unpaired) electrons. The van der Waals surface area contributed by atoms with Crippen molar-refractivity contribution in [3.05, 3.63) is 60.4 Å². The predicted molar refractivity (Wildman–Crippen MR) is 134 cm³/mol. The van der Waals surface area contributed by atoms with Crippen LogP contribution in [0.25, 0.3) is 11.0 Å². The topological polar surface area (TPSA) is 56.2 Å². The first-order chi connectivity index (χ1) is 16.7. The van der Waals surface area contributed by atoms with Crippen LogP contribution in [0.4, 0.5) is 0 Å². The van der Waals surface area contributed by atoms with Crippen molar-refractivity contribution in [3.8, 4) is 5.75 Å². The van der Waals surface area contributed by atoms with Gasteiger partial charge >= 0.3 is 0 Å². The minimum Gasteiger partial charge on any atom is -0.494 e. The first-order valence-corrected chi connectivity index (χ1v) is 13.1. The van der Waals surface area contributed by atoms with E-state index in [4.69, 9.17) is 9.72 Å². The van der Waals surface area contributed by atoms with Crippen molar-refractivity contribution in [2.24, 2.45) is 23.2 Å².